The number of aryl methyl sites for hydroxylation is 1. The molecule has 0 bridgehead atoms. The van der Waals surface area contributed by atoms with Gasteiger partial charge >= 0.3 is 0 Å². The van der Waals surface area contributed by atoms with Crippen molar-refractivity contribution >= 4 is 52.1 Å². The molecule has 0 saturated carbocycles. The van der Waals surface area contributed by atoms with Gasteiger partial charge in [0.05, 0.1) is 35.5 Å². The first-order valence-electron chi connectivity index (χ1n) is 13.8. The Labute approximate surface area is 269 Å². The number of nitrogens with one attached hydrogen (secondary N) is 1. The average molecular weight is 642 g/mol. The first-order valence-corrected chi connectivity index (χ1v) is 15.4. The van der Waals surface area contributed by atoms with Crippen molar-refractivity contribution < 1.29 is 9.66 Å². The molecule has 3 aromatic carbocycles. The SMILES string of the molecule is COc1ccc(Cl)cc1-n1c(C)cc([C@@H]2[C@H](c3ccccn3)NC(=S)N2c2ccc(Sc3ccc([N+](=O)[O-])cc3)cc2)c1C. The van der Waals surface area contributed by atoms with Crippen molar-refractivity contribution in [1.29, 1.82) is 0 Å². The lowest BCUT2D eigenvalue weighted by atomic mass is 9.96. The number of nitrogens with zero attached hydrogens (tertiary/aromatic N) is 4. The van der Waals surface area contributed by atoms with E-state index >= 15 is 0 Å². The summed E-state index contributed by atoms with van der Waals surface area (Å²) in [6.45, 7) is 4.17. The zero-order valence-corrected chi connectivity index (χ0v) is 26.5. The first-order chi connectivity index (χ1) is 21.2. The number of pyridine rings is 1. The first kappa shape index (κ1) is 29.7. The van der Waals surface area contributed by atoms with Crippen molar-refractivity contribution in [3.8, 4) is 11.4 Å². The van der Waals surface area contributed by atoms with Crippen LogP contribution in [0.4, 0.5) is 11.4 Å². The molecule has 3 heterocycles. The molecule has 11 heteroatoms. The molecule has 1 fully saturated rings. The Morgan fingerprint density at radius 3 is 2.34 bits per heavy atom. The summed E-state index contributed by atoms with van der Waals surface area (Å²) in [4.78, 5) is 19.4. The molecule has 222 valence electrons. The number of nitro benzene ring substituents is 1. The number of aromatic nitrogens is 2. The van der Waals surface area contributed by atoms with Crippen molar-refractivity contribution in [2.75, 3.05) is 12.0 Å². The molecule has 1 aliphatic rings. The fourth-order valence-corrected chi connectivity index (χ4v) is 7.02. The highest BCUT2D eigenvalue weighted by atomic mass is 35.5. The molecule has 2 aromatic heterocycles. The summed E-state index contributed by atoms with van der Waals surface area (Å²) >= 11 is 13.9. The van der Waals surface area contributed by atoms with E-state index in [0.717, 1.165) is 49.6 Å². The predicted octanol–water partition coefficient (Wildman–Crippen LogP) is 8.39. The quantitative estimate of drug-likeness (QED) is 0.103. The summed E-state index contributed by atoms with van der Waals surface area (Å²) in [5.41, 5.74) is 5.92. The number of thiocarbonyl (C=S) groups is 1. The molecule has 0 unspecified atom stereocenters. The summed E-state index contributed by atoms with van der Waals surface area (Å²) in [6.07, 6.45) is 1.80. The van der Waals surface area contributed by atoms with Gasteiger partial charge in [0, 0.05) is 50.2 Å². The number of nitro groups is 1. The monoisotopic (exact) mass is 641 g/mol. The number of hydrogen-bond acceptors (Lipinski definition) is 6. The van der Waals surface area contributed by atoms with Crippen LogP contribution in [-0.2, 0) is 0 Å². The predicted molar refractivity (Wildman–Crippen MR) is 178 cm³/mol. The van der Waals surface area contributed by atoms with Gasteiger partial charge in [-0.3, -0.25) is 15.1 Å². The maximum absolute atomic E-state index is 11.0. The van der Waals surface area contributed by atoms with E-state index in [9.17, 15) is 10.1 Å². The van der Waals surface area contributed by atoms with Crippen LogP contribution in [0.25, 0.3) is 5.69 Å². The number of methoxy groups -OCH3 is 1. The summed E-state index contributed by atoms with van der Waals surface area (Å²) in [5, 5.41) is 15.8. The molecule has 1 aliphatic heterocycles. The van der Waals surface area contributed by atoms with E-state index in [1.165, 1.54) is 23.9 Å². The Morgan fingerprint density at radius 2 is 1.70 bits per heavy atom. The number of ether oxygens (including phenoxy) is 1. The van der Waals surface area contributed by atoms with E-state index in [-0.39, 0.29) is 17.8 Å². The van der Waals surface area contributed by atoms with Crippen LogP contribution in [0.2, 0.25) is 5.02 Å². The molecule has 0 aliphatic carbocycles. The minimum Gasteiger partial charge on any atom is -0.495 e. The third-order valence-corrected chi connectivity index (χ3v) is 9.23. The number of benzene rings is 3. The van der Waals surface area contributed by atoms with E-state index in [1.54, 1.807) is 25.4 Å². The molecule has 0 radical (unpaired) electrons. The Hall–Kier alpha value is -4.38. The van der Waals surface area contributed by atoms with Gasteiger partial charge in [0.25, 0.3) is 5.69 Å². The Balaban J connectivity index is 1.39. The van der Waals surface area contributed by atoms with E-state index in [1.807, 2.05) is 48.5 Å². The summed E-state index contributed by atoms with van der Waals surface area (Å²) in [7, 11) is 1.66. The smallest absolute Gasteiger partial charge is 0.269 e. The van der Waals surface area contributed by atoms with Crippen LogP contribution in [0.15, 0.2) is 107 Å². The number of non-ortho nitro benzene ring substituents is 1. The van der Waals surface area contributed by atoms with Crippen molar-refractivity contribution in [1.82, 2.24) is 14.9 Å². The molecule has 8 nitrogen and oxygen atoms in total. The van der Waals surface area contributed by atoms with Gasteiger partial charge in [-0.15, -0.1) is 0 Å². The maximum atomic E-state index is 11.0. The number of anilines is 1. The highest BCUT2D eigenvalue weighted by molar-refractivity contribution is 7.99. The van der Waals surface area contributed by atoms with Gasteiger partial charge in [-0.05, 0) is 104 Å². The van der Waals surface area contributed by atoms with Crippen LogP contribution in [0.5, 0.6) is 5.75 Å². The van der Waals surface area contributed by atoms with Gasteiger partial charge < -0.3 is 19.5 Å². The Bertz CT molecular complexity index is 1850. The second-order valence-electron chi connectivity index (χ2n) is 10.3. The largest absolute Gasteiger partial charge is 0.495 e. The molecule has 6 rings (SSSR count). The summed E-state index contributed by atoms with van der Waals surface area (Å²) in [6, 6.07) is 28.0. The van der Waals surface area contributed by atoms with E-state index < -0.39 is 4.92 Å². The van der Waals surface area contributed by atoms with Crippen molar-refractivity contribution in [2.45, 2.75) is 35.7 Å². The topological polar surface area (TPSA) is 85.5 Å². The third kappa shape index (κ3) is 5.63. The fourth-order valence-electron chi connectivity index (χ4n) is 5.69. The Kier molecular flexibility index (Phi) is 8.31. The molecule has 5 aromatic rings. The molecule has 0 amide bonds. The summed E-state index contributed by atoms with van der Waals surface area (Å²) < 4.78 is 7.87. The lowest BCUT2D eigenvalue weighted by molar-refractivity contribution is -0.384. The molecule has 2 atom stereocenters. The van der Waals surface area contributed by atoms with Crippen LogP contribution in [-0.4, -0.2) is 26.7 Å². The van der Waals surface area contributed by atoms with Crippen molar-refractivity contribution in [3.63, 3.8) is 0 Å². The molecule has 1 N–H and O–H groups in total. The average Bonchev–Trinajstić information content (AvgIpc) is 3.52. The van der Waals surface area contributed by atoms with Crippen molar-refractivity contribution in [3.05, 3.63) is 135 Å². The number of halogens is 1. The molecular formula is C33H28ClN5O3S2. The van der Waals surface area contributed by atoms with E-state index in [4.69, 9.17) is 33.5 Å². The van der Waals surface area contributed by atoms with Crippen LogP contribution in [0.1, 0.15) is 34.7 Å². The molecular weight excluding hydrogens is 614 g/mol. The van der Waals surface area contributed by atoms with Gasteiger partial charge in [-0.1, -0.05) is 29.4 Å². The zero-order chi connectivity index (χ0) is 31.0. The third-order valence-electron chi connectivity index (χ3n) is 7.67. The van der Waals surface area contributed by atoms with Crippen LogP contribution < -0.4 is 15.0 Å². The molecule has 44 heavy (non-hydrogen) atoms. The van der Waals surface area contributed by atoms with Gasteiger partial charge in [0.2, 0.25) is 0 Å². The lowest BCUT2D eigenvalue weighted by Gasteiger charge is -2.28. The minimum absolute atomic E-state index is 0.0708. The number of rotatable bonds is 8. The number of hydrogen-bond donors (Lipinski definition) is 1. The highest BCUT2D eigenvalue weighted by Gasteiger charge is 2.42. The summed E-state index contributed by atoms with van der Waals surface area (Å²) in [5.74, 6) is 0.724. The minimum atomic E-state index is -0.395. The fraction of sp³-hybridized carbons (Fsp3) is 0.152. The molecule has 0 spiro atoms. The second kappa shape index (κ2) is 12.3. The highest BCUT2D eigenvalue weighted by Crippen LogP contribution is 2.45. The van der Waals surface area contributed by atoms with Crippen LogP contribution in [0, 0.1) is 24.0 Å². The van der Waals surface area contributed by atoms with Gasteiger partial charge in [-0.2, -0.15) is 0 Å². The zero-order valence-electron chi connectivity index (χ0n) is 24.1. The van der Waals surface area contributed by atoms with E-state index in [0.29, 0.717) is 10.1 Å². The van der Waals surface area contributed by atoms with Gasteiger partial charge in [0.15, 0.2) is 5.11 Å². The molecule has 1 saturated heterocycles. The maximum Gasteiger partial charge on any atom is 0.269 e. The standard InChI is InChI=1S/C33H28ClN5O3S2/c1-20-18-27(21(2)37(20)29-19-22(34)7-16-30(29)42-3)32-31(28-6-4-5-17-35-28)36-33(43)38(32)23-8-12-25(13-9-23)44-26-14-10-24(11-15-26)39(40)41/h4-19,31-32H,1-3H3,(H,36,43)/t31-,32+/m0/s1. The van der Waals surface area contributed by atoms with Gasteiger partial charge in [-0.25, -0.2) is 0 Å². The van der Waals surface area contributed by atoms with Crippen molar-refractivity contribution in [2.24, 2.45) is 0 Å². The van der Waals surface area contributed by atoms with Crippen LogP contribution >= 0.6 is 35.6 Å². The second-order valence-corrected chi connectivity index (χ2v) is 12.3. The lowest BCUT2D eigenvalue weighted by Crippen LogP contribution is -2.29. The van der Waals surface area contributed by atoms with E-state index in [2.05, 4.69) is 46.8 Å². The van der Waals surface area contributed by atoms with Crippen LogP contribution in [0.3, 0.4) is 0 Å². The van der Waals surface area contributed by atoms with Gasteiger partial charge in [0.1, 0.15) is 5.75 Å². The normalized spacial score (nSPS) is 16.2. The Morgan fingerprint density at radius 1 is 1.00 bits per heavy atom.